The molecule has 0 saturated carbocycles. The lowest BCUT2D eigenvalue weighted by Gasteiger charge is -2.22. The molecule has 1 fully saturated rings. The summed E-state index contributed by atoms with van der Waals surface area (Å²) in [5, 5.41) is 15.2. The van der Waals surface area contributed by atoms with Gasteiger partial charge in [0.2, 0.25) is 0 Å². The van der Waals surface area contributed by atoms with Crippen molar-refractivity contribution in [2.75, 3.05) is 26.9 Å². The van der Waals surface area contributed by atoms with E-state index < -0.39 is 0 Å². The second-order valence-electron chi connectivity index (χ2n) is 5.21. The maximum atomic E-state index is 8.75. The maximum absolute atomic E-state index is 8.75. The molecule has 21 heavy (non-hydrogen) atoms. The van der Waals surface area contributed by atoms with Gasteiger partial charge in [0.1, 0.15) is 5.75 Å². The van der Waals surface area contributed by atoms with Crippen molar-refractivity contribution in [3.63, 3.8) is 0 Å². The van der Waals surface area contributed by atoms with E-state index in [4.69, 9.17) is 20.4 Å². The Bertz CT molecular complexity index is 485. The molecule has 0 spiro atoms. The van der Waals surface area contributed by atoms with E-state index in [-0.39, 0.29) is 5.84 Å². The molecule has 0 amide bonds. The number of methoxy groups -OCH3 is 1. The van der Waals surface area contributed by atoms with Crippen molar-refractivity contribution in [2.24, 2.45) is 16.8 Å². The van der Waals surface area contributed by atoms with Crippen LogP contribution < -0.4 is 15.8 Å². The van der Waals surface area contributed by atoms with Crippen LogP contribution in [0.4, 0.5) is 0 Å². The smallest absolute Gasteiger partial charge is 0.173 e. The highest BCUT2D eigenvalue weighted by atomic mass is 16.5. The van der Waals surface area contributed by atoms with Gasteiger partial charge in [-0.05, 0) is 43.0 Å². The van der Waals surface area contributed by atoms with Crippen molar-refractivity contribution in [3.05, 3.63) is 29.3 Å². The first-order valence-corrected chi connectivity index (χ1v) is 7.18. The second kappa shape index (κ2) is 7.85. The molecule has 1 aliphatic rings. The molecule has 0 aromatic heterocycles. The third-order valence-corrected chi connectivity index (χ3v) is 3.75. The number of hydrogen-bond donors (Lipinski definition) is 3. The molecule has 0 bridgehead atoms. The van der Waals surface area contributed by atoms with Gasteiger partial charge in [0.15, 0.2) is 5.84 Å². The van der Waals surface area contributed by atoms with E-state index in [0.29, 0.717) is 17.2 Å². The Hall–Kier alpha value is -1.79. The van der Waals surface area contributed by atoms with Gasteiger partial charge in [0, 0.05) is 19.8 Å². The summed E-state index contributed by atoms with van der Waals surface area (Å²) >= 11 is 0. The number of nitrogens with one attached hydrogen (secondary N) is 1. The fourth-order valence-corrected chi connectivity index (χ4v) is 2.48. The highest BCUT2D eigenvalue weighted by molar-refractivity contribution is 5.99. The Morgan fingerprint density at radius 3 is 2.90 bits per heavy atom. The summed E-state index contributed by atoms with van der Waals surface area (Å²) in [5.41, 5.74) is 7.31. The van der Waals surface area contributed by atoms with Crippen LogP contribution in [-0.4, -0.2) is 37.9 Å². The largest absolute Gasteiger partial charge is 0.496 e. The number of hydrogen-bond acceptors (Lipinski definition) is 5. The molecule has 6 heteroatoms. The fourth-order valence-electron chi connectivity index (χ4n) is 2.48. The topological polar surface area (TPSA) is 89.1 Å². The van der Waals surface area contributed by atoms with Crippen molar-refractivity contribution in [1.29, 1.82) is 0 Å². The molecule has 1 aliphatic heterocycles. The zero-order chi connectivity index (χ0) is 15.1. The van der Waals surface area contributed by atoms with Crippen LogP contribution in [-0.2, 0) is 11.3 Å². The number of nitrogens with zero attached hydrogens (tertiary/aromatic N) is 1. The highest BCUT2D eigenvalue weighted by Gasteiger charge is 2.13. The molecule has 4 N–H and O–H groups in total. The van der Waals surface area contributed by atoms with Crippen LogP contribution in [0.1, 0.15) is 24.0 Å². The van der Waals surface area contributed by atoms with E-state index in [1.807, 2.05) is 12.1 Å². The van der Waals surface area contributed by atoms with Crippen LogP contribution in [0.5, 0.6) is 5.75 Å². The third kappa shape index (κ3) is 4.34. The molecule has 1 aromatic carbocycles. The fraction of sp³-hybridized carbons (Fsp3) is 0.533. The van der Waals surface area contributed by atoms with Gasteiger partial charge in [-0.1, -0.05) is 11.2 Å². The normalized spacial score (nSPS) is 16.9. The SMILES string of the molecule is COc1cc(CNCC2CCOCC2)ccc1/C(N)=N/O. The van der Waals surface area contributed by atoms with Crippen molar-refractivity contribution < 1.29 is 14.7 Å². The molecule has 6 nitrogen and oxygen atoms in total. The van der Waals surface area contributed by atoms with Gasteiger partial charge in [-0.3, -0.25) is 0 Å². The molecule has 116 valence electrons. The number of rotatable bonds is 6. The third-order valence-electron chi connectivity index (χ3n) is 3.75. The highest BCUT2D eigenvalue weighted by Crippen LogP contribution is 2.20. The van der Waals surface area contributed by atoms with Crippen molar-refractivity contribution in [1.82, 2.24) is 5.32 Å². The number of nitrogens with two attached hydrogens (primary N) is 1. The molecule has 0 radical (unpaired) electrons. The number of benzene rings is 1. The minimum Gasteiger partial charge on any atom is -0.496 e. The van der Waals surface area contributed by atoms with Crippen molar-refractivity contribution in [3.8, 4) is 5.75 Å². The van der Waals surface area contributed by atoms with Crippen LogP contribution in [0.3, 0.4) is 0 Å². The Balaban J connectivity index is 1.91. The van der Waals surface area contributed by atoms with E-state index in [9.17, 15) is 0 Å². The summed E-state index contributed by atoms with van der Waals surface area (Å²) in [5.74, 6) is 1.35. The predicted octanol–water partition coefficient (Wildman–Crippen LogP) is 1.31. The Labute approximate surface area is 124 Å². The van der Waals surface area contributed by atoms with Gasteiger partial charge in [-0.15, -0.1) is 0 Å². The maximum Gasteiger partial charge on any atom is 0.173 e. The summed E-state index contributed by atoms with van der Waals surface area (Å²) in [6, 6.07) is 5.66. The Morgan fingerprint density at radius 2 is 2.24 bits per heavy atom. The summed E-state index contributed by atoms with van der Waals surface area (Å²) in [4.78, 5) is 0. The summed E-state index contributed by atoms with van der Waals surface area (Å²) < 4.78 is 10.6. The Kier molecular flexibility index (Phi) is 5.83. The van der Waals surface area contributed by atoms with Crippen molar-refractivity contribution in [2.45, 2.75) is 19.4 Å². The average molecular weight is 293 g/mol. The average Bonchev–Trinajstić information content (AvgIpc) is 2.55. The number of ether oxygens (including phenoxy) is 2. The minimum absolute atomic E-state index is 0.0496. The predicted molar refractivity (Wildman–Crippen MR) is 80.8 cm³/mol. The minimum atomic E-state index is 0.0496. The molecule has 2 rings (SSSR count). The zero-order valence-corrected chi connectivity index (χ0v) is 12.3. The van der Waals surface area contributed by atoms with E-state index in [0.717, 1.165) is 44.7 Å². The van der Waals surface area contributed by atoms with Crippen LogP contribution in [0.15, 0.2) is 23.4 Å². The lowest BCUT2D eigenvalue weighted by molar-refractivity contribution is 0.0662. The molecular weight excluding hydrogens is 270 g/mol. The van der Waals surface area contributed by atoms with Gasteiger partial charge in [0.25, 0.3) is 0 Å². The summed E-state index contributed by atoms with van der Waals surface area (Å²) in [6.45, 7) is 3.50. The van der Waals surface area contributed by atoms with Gasteiger partial charge < -0.3 is 25.7 Å². The molecule has 0 unspecified atom stereocenters. The second-order valence-corrected chi connectivity index (χ2v) is 5.21. The molecular formula is C15H23N3O3. The van der Waals surface area contributed by atoms with Gasteiger partial charge in [-0.25, -0.2) is 0 Å². The standard InChI is InChI=1S/C15H23N3O3/c1-20-14-8-12(2-3-13(14)15(16)18-19)10-17-9-11-4-6-21-7-5-11/h2-3,8,11,17,19H,4-7,9-10H2,1H3,(H2,16,18). The van der Waals surface area contributed by atoms with E-state index in [1.54, 1.807) is 13.2 Å². The molecule has 1 heterocycles. The number of amidine groups is 1. The quantitative estimate of drug-likeness (QED) is 0.318. The summed E-state index contributed by atoms with van der Waals surface area (Å²) in [7, 11) is 1.57. The van der Waals surface area contributed by atoms with E-state index >= 15 is 0 Å². The van der Waals surface area contributed by atoms with Crippen LogP contribution in [0, 0.1) is 5.92 Å². The Morgan fingerprint density at radius 1 is 1.48 bits per heavy atom. The van der Waals surface area contributed by atoms with Crippen LogP contribution in [0.25, 0.3) is 0 Å². The van der Waals surface area contributed by atoms with Gasteiger partial charge >= 0.3 is 0 Å². The monoisotopic (exact) mass is 293 g/mol. The summed E-state index contributed by atoms with van der Waals surface area (Å²) in [6.07, 6.45) is 2.25. The van der Waals surface area contributed by atoms with Gasteiger partial charge in [0.05, 0.1) is 12.7 Å². The number of oxime groups is 1. The van der Waals surface area contributed by atoms with Crippen LogP contribution >= 0.6 is 0 Å². The van der Waals surface area contributed by atoms with E-state index in [1.165, 1.54) is 0 Å². The molecule has 0 atom stereocenters. The molecule has 1 saturated heterocycles. The first kappa shape index (κ1) is 15.6. The van der Waals surface area contributed by atoms with Crippen molar-refractivity contribution >= 4 is 5.84 Å². The first-order chi connectivity index (χ1) is 10.2. The van der Waals surface area contributed by atoms with Gasteiger partial charge in [-0.2, -0.15) is 0 Å². The van der Waals surface area contributed by atoms with Crippen LogP contribution in [0.2, 0.25) is 0 Å². The first-order valence-electron chi connectivity index (χ1n) is 7.18. The molecule has 0 aliphatic carbocycles. The lowest BCUT2D eigenvalue weighted by Crippen LogP contribution is -2.27. The lowest BCUT2D eigenvalue weighted by atomic mass is 10.0. The molecule has 1 aromatic rings. The van der Waals surface area contributed by atoms with E-state index in [2.05, 4.69) is 10.5 Å². The zero-order valence-electron chi connectivity index (χ0n) is 12.3.